The standard InChI is InChI=1S/C8H12F2N2Si/c1-13(9,10)6-2-3-8(7-12)4-5-11/h8H,2-4,6H2,1H3. The van der Waals surface area contributed by atoms with Gasteiger partial charge >= 0.3 is 8.74 Å². The SMILES string of the molecule is C[Si](F)(F)CCCC(C#N)CC#N. The minimum absolute atomic E-state index is 0.0728. The van der Waals surface area contributed by atoms with E-state index in [0.717, 1.165) is 6.55 Å². The van der Waals surface area contributed by atoms with Gasteiger partial charge in [-0.15, -0.1) is 0 Å². The summed E-state index contributed by atoms with van der Waals surface area (Å²) in [6.45, 7) is 0.999. The first kappa shape index (κ1) is 12.1. The molecule has 5 heteroatoms. The smallest absolute Gasteiger partial charge is 0.271 e. The molecule has 1 atom stereocenters. The molecule has 0 spiro atoms. The van der Waals surface area contributed by atoms with Crippen molar-refractivity contribution in [2.24, 2.45) is 5.92 Å². The predicted molar refractivity (Wildman–Crippen MR) is 47.2 cm³/mol. The molecular weight excluding hydrogens is 190 g/mol. The summed E-state index contributed by atoms with van der Waals surface area (Å²) in [6, 6.07) is 3.73. The lowest BCUT2D eigenvalue weighted by Crippen LogP contribution is -2.15. The van der Waals surface area contributed by atoms with E-state index in [2.05, 4.69) is 0 Å². The first-order valence-corrected chi connectivity index (χ1v) is 6.60. The molecule has 0 bridgehead atoms. The molecule has 0 aromatic carbocycles. The van der Waals surface area contributed by atoms with Crippen LogP contribution in [0, 0.1) is 28.6 Å². The molecule has 13 heavy (non-hydrogen) atoms. The molecule has 0 heterocycles. The highest BCUT2D eigenvalue weighted by Crippen LogP contribution is 2.19. The van der Waals surface area contributed by atoms with Crippen LogP contribution in [0.15, 0.2) is 0 Å². The third kappa shape index (κ3) is 7.42. The van der Waals surface area contributed by atoms with Gasteiger partial charge in [0, 0.05) is 0 Å². The number of hydrogen-bond donors (Lipinski definition) is 0. The van der Waals surface area contributed by atoms with Crippen molar-refractivity contribution in [3.8, 4) is 12.1 Å². The maximum atomic E-state index is 12.5. The van der Waals surface area contributed by atoms with E-state index < -0.39 is 8.74 Å². The Morgan fingerprint density at radius 2 is 2.00 bits per heavy atom. The molecule has 0 aromatic rings. The molecule has 0 radical (unpaired) electrons. The Kier molecular flexibility index (Phi) is 5.25. The number of rotatable bonds is 5. The van der Waals surface area contributed by atoms with E-state index in [1.807, 2.05) is 12.1 Å². The fourth-order valence-electron chi connectivity index (χ4n) is 0.981. The molecule has 0 fully saturated rings. The van der Waals surface area contributed by atoms with Crippen molar-refractivity contribution in [3.05, 3.63) is 0 Å². The molecule has 0 N–H and O–H groups in total. The second kappa shape index (κ2) is 5.66. The molecule has 0 rings (SSSR count). The average Bonchev–Trinajstić information content (AvgIpc) is 2.01. The molecule has 0 aliphatic heterocycles. The van der Waals surface area contributed by atoms with Crippen LogP contribution in [0.1, 0.15) is 19.3 Å². The summed E-state index contributed by atoms with van der Waals surface area (Å²) in [5.74, 6) is -0.374. The van der Waals surface area contributed by atoms with Gasteiger partial charge in [-0.3, -0.25) is 8.22 Å². The summed E-state index contributed by atoms with van der Waals surface area (Å²) in [5, 5.41) is 16.8. The first-order valence-electron chi connectivity index (χ1n) is 4.14. The Hall–Kier alpha value is -0.943. The third-order valence-corrected chi connectivity index (χ3v) is 2.92. The molecule has 72 valence electrons. The van der Waals surface area contributed by atoms with Crippen molar-refractivity contribution in [2.75, 3.05) is 0 Å². The van der Waals surface area contributed by atoms with E-state index in [-0.39, 0.29) is 18.4 Å². The number of halogens is 2. The Morgan fingerprint density at radius 1 is 1.38 bits per heavy atom. The summed E-state index contributed by atoms with van der Waals surface area (Å²) in [6.07, 6.45) is 0.920. The second-order valence-electron chi connectivity index (χ2n) is 3.15. The van der Waals surface area contributed by atoms with E-state index in [1.54, 1.807) is 0 Å². The summed E-state index contributed by atoms with van der Waals surface area (Å²) in [5.41, 5.74) is 0. The van der Waals surface area contributed by atoms with Crippen LogP contribution in [-0.4, -0.2) is 8.74 Å². The van der Waals surface area contributed by atoms with Crippen LogP contribution in [0.4, 0.5) is 8.22 Å². The van der Waals surface area contributed by atoms with Crippen molar-refractivity contribution < 1.29 is 8.22 Å². The maximum absolute atomic E-state index is 12.5. The molecular formula is C8H12F2N2Si. The van der Waals surface area contributed by atoms with Crippen LogP contribution in [0.5, 0.6) is 0 Å². The van der Waals surface area contributed by atoms with Gasteiger partial charge < -0.3 is 0 Å². The number of nitrogens with zero attached hydrogens (tertiary/aromatic N) is 2. The van der Waals surface area contributed by atoms with Gasteiger partial charge in [0.15, 0.2) is 0 Å². The van der Waals surface area contributed by atoms with E-state index in [4.69, 9.17) is 10.5 Å². The van der Waals surface area contributed by atoms with Gasteiger partial charge in [0.2, 0.25) is 0 Å². The molecule has 0 saturated carbocycles. The molecule has 2 nitrogen and oxygen atoms in total. The largest absolute Gasteiger partial charge is 0.422 e. The summed E-state index contributed by atoms with van der Waals surface area (Å²) in [7, 11) is -3.95. The Balaban J connectivity index is 3.64. The molecule has 0 amide bonds. The highest BCUT2D eigenvalue weighted by Gasteiger charge is 2.27. The third-order valence-electron chi connectivity index (χ3n) is 1.69. The zero-order valence-electron chi connectivity index (χ0n) is 7.56. The van der Waals surface area contributed by atoms with E-state index in [0.29, 0.717) is 12.8 Å². The lowest BCUT2D eigenvalue weighted by molar-refractivity contribution is 0.557. The summed E-state index contributed by atoms with van der Waals surface area (Å²) < 4.78 is 24.9. The van der Waals surface area contributed by atoms with E-state index in [1.165, 1.54) is 0 Å². The Morgan fingerprint density at radius 3 is 2.38 bits per heavy atom. The van der Waals surface area contributed by atoms with Gasteiger partial charge in [-0.2, -0.15) is 10.5 Å². The minimum Gasteiger partial charge on any atom is -0.271 e. The van der Waals surface area contributed by atoms with Crippen LogP contribution in [0.25, 0.3) is 0 Å². The number of hydrogen-bond acceptors (Lipinski definition) is 2. The van der Waals surface area contributed by atoms with Gasteiger partial charge in [0.05, 0.1) is 24.5 Å². The van der Waals surface area contributed by atoms with Crippen LogP contribution in [0.2, 0.25) is 12.6 Å². The highest BCUT2D eigenvalue weighted by molar-refractivity contribution is 6.64. The summed E-state index contributed by atoms with van der Waals surface area (Å²) in [4.78, 5) is 0. The van der Waals surface area contributed by atoms with Crippen LogP contribution >= 0.6 is 0 Å². The van der Waals surface area contributed by atoms with Gasteiger partial charge in [0.25, 0.3) is 0 Å². The fourth-order valence-corrected chi connectivity index (χ4v) is 1.81. The minimum atomic E-state index is -3.95. The first-order chi connectivity index (χ1) is 5.99. The van der Waals surface area contributed by atoms with Crippen molar-refractivity contribution in [1.29, 1.82) is 10.5 Å². The summed E-state index contributed by atoms with van der Waals surface area (Å²) >= 11 is 0. The van der Waals surface area contributed by atoms with E-state index >= 15 is 0 Å². The molecule has 0 aliphatic rings. The lowest BCUT2D eigenvalue weighted by Gasteiger charge is -2.07. The normalized spacial score (nSPS) is 13.0. The van der Waals surface area contributed by atoms with Crippen LogP contribution in [-0.2, 0) is 0 Å². The fraction of sp³-hybridized carbons (Fsp3) is 0.750. The number of nitriles is 2. The predicted octanol–water partition coefficient (Wildman–Crippen LogP) is 2.83. The quantitative estimate of drug-likeness (QED) is 0.508. The van der Waals surface area contributed by atoms with Gasteiger partial charge in [0.1, 0.15) is 0 Å². The van der Waals surface area contributed by atoms with Gasteiger partial charge in [-0.25, -0.2) is 0 Å². The van der Waals surface area contributed by atoms with Crippen LogP contribution in [0.3, 0.4) is 0 Å². The molecule has 0 saturated heterocycles. The monoisotopic (exact) mass is 202 g/mol. The van der Waals surface area contributed by atoms with Gasteiger partial charge in [-0.1, -0.05) is 0 Å². The molecule has 0 aliphatic carbocycles. The average molecular weight is 202 g/mol. The lowest BCUT2D eigenvalue weighted by atomic mass is 10.0. The maximum Gasteiger partial charge on any atom is 0.422 e. The Labute approximate surface area is 78.1 Å². The zero-order chi connectivity index (χ0) is 10.3. The van der Waals surface area contributed by atoms with E-state index in [9.17, 15) is 8.22 Å². The Bertz CT molecular complexity index is 224. The van der Waals surface area contributed by atoms with Crippen molar-refractivity contribution in [3.63, 3.8) is 0 Å². The van der Waals surface area contributed by atoms with Gasteiger partial charge in [-0.05, 0) is 25.4 Å². The molecule has 0 aromatic heterocycles. The highest BCUT2D eigenvalue weighted by atomic mass is 28.4. The topological polar surface area (TPSA) is 47.6 Å². The van der Waals surface area contributed by atoms with Crippen molar-refractivity contribution in [2.45, 2.75) is 31.9 Å². The van der Waals surface area contributed by atoms with Crippen molar-refractivity contribution in [1.82, 2.24) is 0 Å². The zero-order valence-corrected chi connectivity index (χ0v) is 8.56. The van der Waals surface area contributed by atoms with Crippen molar-refractivity contribution >= 4 is 8.74 Å². The van der Waals surface area contributed by atoms with Crippen LogP contribution < -0.4 is 0 Å². The molecule has 1 unspecified atom stereocenters. The second-order valence-corrected chi connectivity index (χ2v) is 5.79.